The molecule has 0 aliphatic heterocycles. The lowest BCUT2D eigenvalue weighted by molar-refractivity contribution is 0.299. The van der Waals surface area contributed by atoms with Crippen molar-refractivity contribution < 1.29 is 9.13 Å². The second-order valence-electron chi connectivity index (χ2n) is 4.03. The molecule has 0 fully saturated rings. The Balaban J connectivity index is 2.22. The van der Waals surface area contributed by atoms with Crippen molar-refractivity contribution >= 4 is 44.7 Å². The molecule has 0 heterocycles. The summed E-state index contributed by atoms with van der Waals surface area (Å²) in [4.78, 5) is 0.202. The third-order valence-electron chi connectivity index (χ3n) is 2.61. The predicted molar refractivity (Wildman–Crippen MR) is 85.8 cm³/mol. The fourth-order valence-electron chi connectivity index (χ4n) is 1.61. The Morgan fingerprint density at radius 2 is 2.05 bits per heavy atom. The van der Waals surface area contributed by atoms with Crippen LogP contribution < -0.4 is 10.5 Å². The van der Waals surface area contributed by atoms with Gasteiger partial charge in [-0.2, -0.15) is 0 Å². The zero-order chi connectivity index (χ0) is 14.7. The monoisotopic (exact) mass is 373 g/mol. The predicted octanol–water partition coefficient (Wildman–Crippen LogP) is 4.45. The van der Waals surface area contributed by atoms with E-state index in [9.17, 15) is 4.39 Å². The summed E-state index contributed by atoms with van der Waals surface area (Å²) >= 11 is 14.1. The molecule has 2 aromatic carbocycles. The molecule has 0 saturated heterocycles. The van der Waals surface area contributed by atoms with E-state index in [1.165, 1.54) is 6.07 Å². The van der Waals surface area contributed by atoms with Crippen molar-refractivity contribution in [2.45, 2.75) is 6.61 Å². The maximum Gasteiger partial charge on any atom is 0.131 e. The molecule has 0 spiro atoms. The summed E-state index contributed by atoms with van der Waals surface area (Å²) in [5.41, 5.74) is 6.62. The lowest BCUT2D eigenvalue weighted by atomic mass is 10.2. The average molecular weight is 375 g/mol. The lowest BCUT2D eigenvalue weighted by Crippen LogP contribution is -2.12. The van der Waals surface area contributed by atoms with Gasteiger partial charge in [-0.25, -0.2) is 4.39 Å². The third-order valence-corrected chi connectivity index (χ3v) is 3.56. The molecule has 0 amide bonds. The van der Waals surface area contributed by atoms with Crippen molar-refractivity contribution in [1.29, 1.82) is 0 Å². The number of thiocarbonyl (C=S) groups is 1. The molecule has 20 heavy (non-hydrogen) atoms. The minimum Gasteiger partial charge on any atom is -0.488 e. The first-order chi connectivity index (χ1) is 9.47. The van der Waals surface area contributed by atoms with Gasteiger partial charge in [0, 0.05) is 15.1 Å². The van der Waals surface area contributed by atoms with Crippen LogP contribution in [0.5, 0.6) is 5.75 Å². The number of hydrogen-bond donors (Lipinski definition) is 1. The molecule has 2 N–H and O–H groups in total. The Kier molecular flexibility index (Phi) is 4.96. The Hall–Kier alpha value is -1.17. The quantitative estimate of drug-likeness (QED) is 0.803. The highest BCUT2D eigenvalue weighted by atomic mass is 79.9. The van der Waals surface area contributed by atoms with Crippen molar-refractivity contribution in [2.75, 3.05) is 0 Å². The van der Waals surface area contributed by atoms with Crippen LogP contribution in [0.15, 0.2) is 40.9 Å². The molecule has 0 atom stereocenters. The third kappa shape index (κ3) is 3.69. The molecule has 2 aromatic rings. The van der Waals surface area contributed by atoms with Gasteiger partial charge in [-0.1, -0.05) is 45.8 Å². The zero-order valence-electron chi connectivity index (χ0n) is 10.2. The molecule has 2 nitrogen and oxygen atoms in total. The zero-order valence-corrected chi connectivity index (χ0v) is 13.4. The van der Waals surface area contributed by atoms with Gasteiger partial charge in [0.25, 0.3) is 0 Å². The second kappa shape index (κ2) is 6.52. The van der Waals surface area contributed by atoms with Gasteiger partial charge in [-0.3, -0.25) is 0 Å². The molecule has 104 valence electrons. The molecular weight excluding hydrogens is 365 g/mol. The second-order valence-corrected chi connectivity index (χ2v) is 5.82. The summed E-state index contributed by atoms with van der Waals surface area (Å²) in [7, 11) is 0. The summed E-state index contributed by atoms with van der Waals surface area (Å²) < 4.78 is 20.0. The van der Waals surface area contributed by atoms with Crippen molar-refractivity contribution in [3.63, 3.8) is 0 Å². The largest absolute Gasteiger partial charge is 0.488 e. The highest BCUT2D eigenvalue weighted by Crippen LogP contribution is 2.25. The first-order valence-corrected chi connectivity index (χ1v) is 7.21. The van der Waals surface area contributed by atoms with Gasteiger partial charge < -0.3 is 10.5 Å². The maximum atomic E-state index is 13.7. The van der Waals surface area contributed by atoms with Gasteiger partial charge in [0.05, 0.1) is 5.56 Å². The summed E-state index contributed by atoms with van der Waals surface area (Å²) in [5.74, 6) is 0.0885. The number of hydrogen-bond acceptors (Lipinski definition) is 2. The minimum atomic E-state index is -0.349. The number of rotatable bonds is 4. The van der Waals surface area contributed by atoms with E-state index in [4.69, 9.17) is 34.3 Å². The van der Waals surface area contributed by atoms with Crippen LogP contribution in [0.4, 0.5) is 4.39 Å². The van der Waals surface area contributed by atoms with E-state index in [2.05, 4.69) is 15.9 Å². The first-order valence-electron chi connectivity index (χ1n) is 5.63. The summed E-state index contributed by atoms with van der Waals surface area (Å²) in [5, 5.41) is 0.497. The number of halogens is 3. The normalized spacial score (nSPS) is 10.3. The van der Waals surface area contributed by atoms with Gasteiger partial charge in [-0.15, -0.1) is 0 Å². The van der Waals surface area contributed by atoms with Crippen molar-refractivity contribution in [2.24, 2.45) is 5.73 Å². The van der Waals surface area contributed by atoms with E-state index in [1.807, 2.05) is 0 Å². The smallest absolute Gasteiger partial charge is 0.131 e. The Morgan fingerprint density at radius 3 is 2.70 bits per heavy atom. The van der Waals surface area contributed by atoms with Crippen LogP contribution in [0.3, 0.4) is 0 Å². The van der Waals surface area contributed by atoms with E-state index >= 15 is 0 Å². The first kappa shape index (κ1) is 15.2. The van der Waals surface area contributed by atoms with Crippen LogP contribution in [0.1, 0.15) is 11.1 Å². The van der Waals surface area contributed by atoms with Gasteiger partial charge in [0.2, 0.25) is 0 Å². The fourth-order valence-corrected chi connectivity index (χ4v) is 2.28. The topological polar surface area (TPSA) is 35.2 Å². The van der Waals surface area contributed by atoms with Crippen molar-refractivity contribution in [3.05, 3.63) is 62.8 Å². The standard InChI is InChI=1S/C14H10BrClFNOS/c15-9-2-1-8(12(17)5-9)7-19-13-6-10(16)3-4-11(13)14(18)20/h1-6H,7H2,(H2,18,20). The summed E-state index contributed by atoms with van der Waals surface area (Å²) in [6, 6.07) is 9.72. The number of ether oxygens (including phenoxy) is 1. The Morgan fingerprint density at radius 1 is 1.30 bits per heavy atom. The molecule has 2 rings (SSSR count). The van der Waals surface area contributed by atoms with Crippen LogP contribution >= 0.6 is 39.7 Å². The Labute approximate surface area is 134 Å². The summed E-state index contributed by atoms with van der Waals surface area (Å²) in [6.45, 7) is 0.0646. The minimum absolute atomic E-state index is 0.0646. The van der Waals surface area contributed by atoms with Crippen LogP contribution in [-0.4, -0.2) is 4.99 Å². The van der Waals surface area contributed by atoms with Crippen molar-refractivity contribution in [1.82, 2.24) is 0 Å². The molecule has 0 radical (unpaired) electrons. The number of benzene rings is 2. The van der Waals surface area contributed by atoms with Gasteiger partial charge in [-0.05, 0) is 30.3 Å². The summed E-state index contributed by atoms with van der Waals surface area (Å²) in [6.07, 6.45) is 0. The van der Waals surface area contributed by atoms with Crippen LogP contribution in [0.25, 0.3) is 0 Å². The molecule has 0 bridgehead atoms. The van der Waals surface area contributed by atoms with Gasteiger partial charge in [0.15, 0.2) is 0 Å². The molecule has 6 heteroatoms. The van der Waals surface area contributed by atoms with Crippen LogP contribution in [0.2, 0.25) is 5.02 Å². The fraction of sp³-hybridized carbons (Fsp3) is 0.0714. The van der Waals surface area contributed by atoms with E-state index in [0.717, 1.165) is 0 Å². The number of nitrogens with two attached hydrogens (primary N) is 1. The SMILES string of the molecule is NC(=S)c1ccc(Cl)cc1OCc1ccc(Br)cc1F. The highest BCUT2D eigenvalue weighted by Gasteiger charge is 2.09. The molecule has 0 aliphatic rings. The lowest BCUT2D eigenvalue weighted by Gasteiger charge is -2.11. The maximum absolute atomic E-state index is 13.7. The van der Waals surface area contributed by atoms with Crippen LogP contribution in [-0.2, 0) is 6.61 Å². The van der Waals surface area contributed by atoms with Gasteiger partial charge in [0.1, 0.15) is 23.2 Å². The molecular formula is C14H10BrClFNOS. The average Bonchev–Trinajstić information content (AvgIpc) is 2.37. The Bertz CT molecular complexity index is 666. The van der Waals surface area contributed by atoms with E-state index in [0.29, 0.717) is 26.4 Å². The van der Waals surface area contributed by atoms with Gasteiger partial charge >= 0.3 is 0 Å². The van der Waals surface area contributed by atoms with Crippen LogP contribution in [0, 0.1) is 5.82 Å². The van der Waals surface area contributed by atoms with E-state index < -0.39 is 0 Å². The molecule has 0 aliphatic carbocycles. The highest BCUT2D eigenvalue weighted by molar-refractivity contribution is 9.10. The molecule has 0 aromatic heterocycles. The molecule has 0 saturated carbocycles. The van der Waals surface area contributed by atoms with E-state index in [1.54, 1.807) is 30.3 Å². The van der Waals surface area contributed by atoms with E-state index in [-0.39, 0.29) is 17.4 Å². The molecule has 0 unspecified atom stereocenters. The van der Waals surface area contributed by atoms with Crippen molar-refractivity contribution in [3.8, 4) is 5.75 Å².